The van der Waals surface area contributed by atoms with Gasteiger partial charge in [0.25, 0.3) is 5.91 Å². The third-order valence-electron chi connectivity index (χ3n) is 3.60. The molecule has 1 amide bonds. The normalized spacial score (nSPS) is 12.0. The molecule has 0 radical (unpaired) electrons. The number of anilines is 1. The van der Waals surface area contributed by atoms with Crippen LogP contribution in [-0.2, 0) is 4.79 Å². The smallest absolute Gasteiger partial charge is 0.265 e. The Morgan fingerprint density at radius 3 is 2.39 bits per heavy atom. The molecule has 0 heterocycles. The third-order valence-corrected chi connectivity index (χ3v) is 3.60. The molecule has 23 heavy (non-hydrogen) atoms. The Kier molecular flexibility index (Phi) is 5.74. The summed E-state index contributed by atoms with van der Waals surface area (Å²) < 4.78 is 18.6. The van der Waals surface area contributed by atoms with E-state index in [4.69, 9.17) is 4.74 Å². The SMILES string of the molecule is CC[C@@H](Oc1ccc(F)cc1)C(=O)Nc1ccccc1C(C)C. The number of carbonyl (C=O) groups is 1. The number of ether oxygens (including phenoxy) is 1. The van der Waals surface area contributed by atoms with Crippen molar-refractivity contribution in [2.24, 2.45) is 0 Å². The molecule has 0 saturated heterocycles. The molecule has 0 aromatic heterocycles. The van der Waals surface area contributed by atoms with Crippen molar-refractivity contribution < 1.29 is 13.9 Å². The predicted molar refractivity (Wildman–Crippen MR) is 90.3 cm³/mol. The van der Waals surface area contributed by atoms with Crippen molar-refractivity contribution in [3.8, 4) is 5.75 Å². The molecule has 0 aliphatic heterocycles. The average molecular weight is 315 g/mol. The van der Waals surface area contributed by atoms with Crippen molar-refractivity contribution in [3.63, 3.8) is 0 Å². The van der Waals surface area contributed by atoms with E-state index in [0.717, 1.165) is 11.3 Å². The lowest BCUT2D eigenvalue weighted by Gasteiger charge is -2.19. The summed E-state index contributed by atoms with van der Waals surface area (Å²) in [7, 11) is 0. The van der Waals surface area contributed by atoms with Gasteiger partial charge in [0.1, 0.15) is 11.6 Å². The quantitative estimate of drug-likeness (QED) is 0.835. The number of halogens is 1. The van der Waals surface area contributed by atoms with Gasteiger partial charge in [-0.05, 0) is 48.2 Å². The molecule has 122 valence electrons. The topological polar surface area (TPSA) is 38.3 Å². The molecule has 0 aliphatic carbocycles. The number of carbonyl (C=O) groups excluding carboxylic acids is 1. The van der Waals surface area contributed by atoms with Gasteiger partial charge in [-0.2, -0.15) is 0 Å². The first kappa shape index (κ1) is 17.0. The molecule has 0 unspecified atom stereocenters. The highest BCUT2D eigenvalue weighted by Gasteiger charge is 2.20. The lowest BCUT2D eigenvalue weighted by atomic mass is 10.0. The second kappa shape index (κ2) is 7.77. The summed E-state index contributed by atoms with van der Waals surface area (Å²) in [6, 6.07) is 13.4. The summed E-state index contributed by atoms with van der Waals surface area (Å²) >= 11 is 0. The minimum Gasteiger partial charge on any atom is -0.481 e. The number of hydrogen-bond donors (Lipinski definition) is 1. The highest BCUT2D eigenvalue weighted by atomic mass is 19.1. The van der Waals surface area contributed by atoms with Gasteiger partial charge in [-0.25, -0.2) is 4.39 Å². The summed E-state index contributed by atoms with van der Waals surface area (Å²) in [6.45, 7) is 6.04. The molecular formula is C19H22FNO2. The van der Waals surface area contributed by atoms with Gasteiger partial charge in [-0.3, -0.25) is 4.79 Å². The van der Waals surface area contributed by atoms with Crippen LogP contribution < -0.4 is 10.1 Å². The number of amides is 1. The average Bonchev–Trinajstić information content (AvgIpc) is 2.54. The van der Waals surface area contributed by atoms with Crippen LogP contribution in [0.1, 0.15) is 38.7 Å². The lowest BCUT2D eigenvalue weighted by molar-refractivity contribution is -0.122. The summed E-state index contributed by atoms with van der Waals surface area (Å²) in [6.07, 6.45) is -0.103. The summed E-state index contributed by atoms with van der Waals surface area (Å²) in [5.41, 5.74) is 1.88. The maximum absolute atomic E-state index is 12.9. The number of benzene rings is 2. The van der Waals surface area contributed by atoms with Crippen molar-refractivity contribution in [1.82, 2.24) is 0 Å². The molecule has 0 bridgehead atoms. The van der Waals surface area contributed by atoms with Gasteiger partial charge in [0, 0.05) is 5.69 Å². The van der Waals surface area contributed by atoms with Crippen molar-refractivity contribution >= 4 is 11.6 Å². The van der Waals surface area contributed by atoms with Crippen LogP contribution in [0.3, 0.4) is 0 Å². The molecule has 3 nitrogen and oxygen atoms in total. The van der Waals surface area contributed by atoms with E-state index in [1.807, 2.05) is 31.2 Å². The highest BCUT2D eigenvalue weighted by molar-refractivity contribution is 5.95. The van der Waals surface area contributed by atoms with Gasteiger partial charge in [-0.1, -0.05) is 39.0 Å². The minimum atomic E-state index is -0.624. The Labute approximate surface area is 136 Å². The molecule has 1 atom stereocenters. The van der Waals surface area contributed by atoms with Crippen LogP contribution >= 0.6 is 0 Å². The van der Waals surface area contributed by atoms with Gasteiger partial charge in [0.2, 0.25) is 0 Å². The zero-order chi connectivity index (χ0) is 16.8. The van der Waals surface area contributed by atoms with E-state index in [1.54, 1.807) is 0 Å². The maximum atomic E-state index is 12.9. The Balaban J connectivity index is 2.10. The van der Waals surface area contributed by atoms with Crippen molar-refractivity contribution in [2.45, 2.75) is 39.2 Å². The predicted octanol–water partition coefficient (Wildman–Crippen LogP) is 4.75. The zero-order valence-corrected chi connectivity index (χ0v) is 13.7. The second-order valence-electron chi connectivity index (χ2n) is 5.70. The van der Waals surface area contributed by atoms with E-state index < -0.39 is 6.10 Å². The van der Waals surface area contributed by atoms with Crippen molar-refractivity contribution in [1.29, 1.82) is 0 Å². The van der Waals surface area contributed by atoms with Gasteiger partial charge < -0.3 is 10.1 Å². The van der Waals surface area contributed by atoms with Gasteiger partial charge in [-0.15, -0.1) is 0 Å². The molecule has 0 aliphatic rings. The molecule has 4 heteroatoms. The Bertz CT molecular complexity index is 653. The molecule has 2 aromatic rings. The third kappa shape index (κ3) is 4.55. The Morgan fingerprint density at radius 1 is 1.13 bits per heavy atom. The number of nitrogens with one attached hydrogen (secondary N) is 1. The van der Waals surface area contributed by atoms with Crippen LogP contribution in [0.15, 0.2) is 48.5 Å². The first-order valence-corrected chi connectivity index (χ1v) is 7.83. The molecule has 2 aromatic carbocycles. The fourth-order valence-electron chi connectivity index (χ4n) is 2.33. The van der Waals surface area contributed by atoms with Crippen molar-refractivity contribution in [3.05, 3.63) is 59.9 Å². The van der Waals surface area contributed by atoms with Crippen LogP contribution in [0.2, 0.25) is 0 Å². The monoisotopic (exact) mass is 315 g/mol. The largest absolute Gasteiger partial charge is 0.481 e. The van der Waals surface area contributed by atoms with E-state index in [0.29, 0.717) is 18.1 Å². The Hall–Kier alpha value is -2.36. The van der Waals surface area contributed by atoms with Crippen LogP contribution in [0, 0.1) is 5.82 Å². The number of rotatable bonds is 6. The lowest BCUT2D eigenvalue weighted by Crippen LogP contribution is -2.32. The van der Waals surface area contributed by atoms with Crippen LogP contribution in [0.4, 0.5) is 10.1 Å². The maximum Gasteiger partial charge on any atom is 0.265 e. The molecule has 1 N–H and O–H groups in total. The van der Waals surface area contributed by atoms with Gasteiger partial charge in [0.15, 0.2) is 6.10 Å². The van der Waals surface area contributed by atoms with Gasteiger partial charge in [0.05, 0.1) is 0 Å². The van der Waals surface area contributed by atoms with E-state index in [-0.39, 0.29) is 11.7 Å². The first-order chi connectivity index (χ1) is 11.0. The van der Waals surface area contributed by atoms with Gasteiger partial charge >= 0.3 is 0 Å². The van der Waals surface area contributed by atoms with E-state index >= 15 is 0 Å². The highest BCUT2D eigenvalue weighted by Crippen LogP contribution is 2.24. The van der Waals surface area contributed by atoms with Crippen LogP contribution in [-0.4, -0.2) is 12.0 Å². The fraction of sp³-hybridized carbons (Fsp3) is 0.316. The molecule has 0 spiro atoms. The van der Waals surface area contributed by atoms with E-state index in [9.17, 15) is 9.18 Å². The summed E-state index contributed by atoms with van der Waals surface area (Å²) in [5.74, 6) is 0.251. The molecule has 2 rings (SSSR count). The van der Waals surface area contributed by atoms with E-state index in [1.165, 1.54) is 24.3 Å². The second-order valence-corrected chi connectivity index (χ2v) is 5.70. The Morgan fingerprint density at radius 2 is 1.78 bits per heavy atom. The first-order valence-electron chi connectivity index (χ1n) is 7.83. The summed E-state index contributed by atoms with van der Waals surface area (Å²) in [5, 5.41) is 2.94. The molecule has 0 saturated carbocycles. The van der Waals surface area contributed by atoms with Crippen LogP contribution in [0.5, 0.6) is 5.75 Å². The van der Waals surface area contributed by atoms with Crippen LogP contribution in [0.25, 0.3) is 0 Å². The molecular weight excluding hydrogens is 293 g/mol. The van der Waals surface area contributed by atoms with Crippen molar-refractivity contribution in [2.75, 3.05) is 5.32 Å². The fourth-order valence-corrected chi connectivity index (χ4v) is 2.33. The molecule has 0 fully saturated rings. The number of para-hydroxylation sites is 1. The minimum absolute atomic E-state index is 0.204. The van der Waals surface area contributed by atoms with E-state index in [2.05, 4.69) is 19.2 Å². The number of hydrogen-bond acceptors (Lipinski definition) is 2. The zero-order valence-electron chi connectivity index (χ0n) is 13.7. The summed E-state index contributed by atoms with van der Waals surface area (Å²) in [4.78, 5) is 12.5. The standard InChI is InChI=1S/C19H22FNO2/c1-4-18(23-15-11-9-14(20)10-12-15)19(22)21-17-8-6-5-7-16(17)13(2)3/h5-13,18H,4H2,1-3H3,(H,21,22)/t18-/m1/s1.